The van der Waals surface area contributed by atoms with Gasteiger partial charge in [0.1, 0.15) is 10.6 Å². The Bertz CT molecular complexity index is 541. The van der Waals surface area contributed by atoms with Gasteiger partial charge in [0.05, 0.1) is 0 Å². The van der Waals surface area contributed by atoms with Gasteiger partial charge >= 0.3 is 11.7 Å². The minimum Gasteiger partial charge on any atom is -0.478 e. The molecule has 0 saturated carbocycles. The third-order valence-corrected chi connectivity index (χ3v) is 3.22. The number of thioether (sulfide) groups is 1. The van der Waals surface area contributed by atoms with Crippen LogP contribution in [0.25, 0.3) is 0 Å². The van der Waals surface area contributed by atoms with Crippen molar-refractivity contribution in [1.82, 2.24) is 15.3 Å². The second-order valence-electron chi connectivity index (χ2n) is 3.70. The third-order valence-electron chi connectivity index (χ3n) is 2.24. The van der Waals surface area contributed by atoms with Gasteiger partial charge in [-0.1, -0.05) is 0 Å². The van der Waals surface area contributed by atoms with Crippen LogP contribution in [0.3, 0.4) is 0 Å². The van der Waals surface area contributed by atoms with Gasteiger partial charge in [-0.05, 0) is 13.8 Å². The molecule has 0 atom stereocenters. The SMILES string of the molecule is CCNC(=O)CCSc1nc(=O)[nH]c(C)c1C(=O)O. The third kappa shape index (κ3) is 4.40. The molecule has 8 heteroatoms. The zero-order valence-corrected chi connectivity index (χ0v) is 11.5. The Morgan fingerprint density at radius 2 is 2.16 bits per heavy atom. The number of aromatic carboxylic acids is 1. The number of amides is 1. The van der Waals surface area contributed by atoms with E-state index in [1.807, 2.05) is 6.92 Å². The Hall–Kier alpha value is -1.83. The molecule has 0 aliphatic heterocycles. The van der Waals surface area contributed by atoms with Crippen LogP contribution in [0, 0.1) is 6.92 Å². The molecule has 0 aliphatic carbocycles. The molecule has 0 bridgehead atoms. The zero-order chi connectivity index (χ0) is 14.4. The van der Waals surface area contributed by atoms with Crippen molar-refractivity contribution in [2.24, 2.45) is 0 Å². The van der Waals surface area contributed by atoms with E-state index in [1.54, 1.807) is 0 Å². The van der Waals surface area contributed by atoms with Crippen LogP contribution >= 0.6 is 11.8 Å². The highest BCUT2D eigenvalue weighted by atomic mass is 32.2. The van der Waals surface area contributed by atoms with Gasteiger partial charge in [0.15, 0.2) is 0 Å². The lowest BCUT2D eigenvalue weighted by Crippen LogP contribution is -2.23. The molecule has 1 heterocycles. The second kappa shape index (κ2) is 6.93. The number of carboxylic acids is 1. The summed E-state index contributed by atoms with van der Waals surface area (Å²) in [6.45, 7) is 3.86. The Balaban J connectivity index is 2.80. The molecule has 19 heavy (non-hydrogen) atoms. The Morgan fingerprint density at radius 1 is 1.47 bits per heavy atom. The lowest BCUT2D eigenvalue weighted by Gasteiger charge is -2.06. The van der Waals surface area contributed by atoms with Gasteiger partial charge in [0.2, 0.25) is 5.91 Å². The van der Waals surface area contributed by atoms with Crippen molar-refractivity contribution in [1.29, 1.82) is 0 Å². The summed E-state index contributed by atoms with van der Waals surface area (Å²) in [5.74, 6) is -0.905. The molecule has 0 saturated heterocycles. The summed E-state index contributed by atoms with van der Waals surface area (Å²) in [4.78, 5) is 39.6. The number of carboxylic acid groups (broad SMARTS) is 1. The number of hydrogen-bond acceptors (Lipinski definition) is 5. The predicted molar refractivity (Wildman–Crippen MR) is 70.6 cm³/mol. The van der Waals surface area contributed by atoms with Crippen molar-refractivity contribution in [3.63, 3.8) is 0 Å². The number of aromatic nitrogens is 2. The fraction of sp³-hybridized carbons (Fsp3) is 0.455. The monoisotopic (exact) mass is 285 g/mol. The number of carbonyl (C=O) groups is 2. The summed E-state index contributed by atoms with van der Waals surface area (Å²) < 4.78 is 0. The Kier molecular flexibility index (Phi) is 5.56. The number of aromatic amines is 1. The van der Waals surface area contributed by atoms with Crippen LogP contribution in [-0.4, -0.2) is 39.2 Å². The van der Waals surface area contributed by atoms with Gasteiger partial charge in [0.25, 0.3) is 0 Å². The van der Waals surface area contributed by atoms with Crippen LogP contribution in [0.2, 0.25) is 0 Å². The number of carbonyl (C=O) groups excluding carboxylic acids is 1. The maximum absolute atomic E-state index is 11.3. The van der Waals surface area contributed by atoms with Crippen molar-refractivity contribution in [2.75, 3.05) is 12.3 Å². The van der Waals surface area contributed by atoms with Crippen LogP contribution in [0.4, 0.5) is 0 Å². The van der Waals surface area contributed by atoms with E-state index in [4.69, 9.17) is 5.11 Å². The van der Waals surface area contributed by atoms with Gasteiger partial charge < -0.3 is 15.4 Å². The van der Waals surface area contributed by atoms with Gasteiger partial charge in [-0.3, -0.25) is 4.79 Å². The molecule has 0 radical (unpaired) electrons. The van der Waals surface area contributed by atoms with E-state index in [0.717, 1.165) is 11.8 Å². The molecule has 0 unspecified atom stereocenters. The van der Waals surface area contributed by atoms with Crippen molar-refractivity contribution in [2.45, 2.75) is 25.3 Å². The fourth-order valence-electron chi connectivity index (χ4n) is 1.44. The Morgan fingerprint density at radius 3 is 2.74 bits per heavy atom. The lowest BCUT2D eigenvalue weighted by atomic mass is 10.2. The van der Waals surface area contributed by atoms with E-state index in [1.165, 1.54) is 6.92 Å². The predicted octanol–water partition coefficient (Wildman–Crippen LogP) is 0.395. The average Bonchev–Trinajstić information content (AvgIpc) is 2.27. The first-order valence-electron chi connectivity index (χ1n) is 5.69. The van der Waals surface area contributed by atoms with Crippen molar-refractivity contribution in [3.05, 3.63) is 21.7 Å². The van der Waals surface area contributed by atoms with Crippen molar-refractivity contribution < 1.29 is 14.7 Å². The topological polar surface area (TPSA) is 112 Å². The van der Waals surface area contributed by atoms with Crippen LogP contribution < -0.4 is 11.0 Å². The molecular formula is C11H15N3O4S. The van der Waals surface area contributed by atoms with Crippen LogP contribution in [0.15, 0.2) is 9.82 Å². The zero-order valence-electron chi connectivity index (χ0n) is 10.6. The molecule has 1 aromatic heterocycles. The van der Waals surface area contributed by atoms with Gasteiger partial charge in [-0.2, -0.15) is 4.98 Å². The van der Waals surface area contributed by atoms with Crippen molar-refractivity contribution >= 4 is 23.6 Å². The average molecular weight is 285 g/mol. The van der Waals surface area contributed by atoms with Crippen molar-refractivity contribution in [3.8, 4) is 0 Å². The van der Waals surface area contributed by atoms with Crippen LogP contribution in [-0.2, 0) is 4.79 Å². The molecule has 0 fully saturated rings. The smallest absolute Gasteiger partial charge is 0.346 e. The van der Waals surface area contributed by atoms with E-state index in [9.17, 15) is 14.4 Å². The van der Waals surface area contributed by atoms with E-state index < -0.39 is 11.7 Å². The number of aryl methyl sites for hydroxylation is 1. The Labute approximate surface area is 113 Å². The second-order valence-corrected chi connectivity index (χ2v) is 4.79. The number of hydrogen-bond donors (Lipinski definition) is 3. The molecule has 1 amide bonds. The molecule has 3 N–H and O–H groups in total. The van der Waals surface area contributed by atoms with Gasteiger partial charge in [0, 0.05) is 24.4 Å². The van der Waals surface area contributed by atoms with E-state index in [-0.39, 0.29) is 28.6 Å². The number of rotatable bonds is 6. The first-order chi connectivity index (χ1) is 8.95. The molecule has 1 rings (SSSR count). The molecular weight excluding hydrogens is 270 g/mol. The molecule has 104 valence electrons. The maximum Gasteiger partial charge on any atom is 0.346 e. The number of nitrogens with zero attached hydrogens (tertiary/aromatic N) is 1. The first-order valence-corrected chi connectivity index (χ1v) is 6.68. The van der Waals surface area contributed by atoms with E-state index in [0.29, 0.717) is 12.3 Å². The summed E-state index contributed by atoms with van der Waals surface area (Å²) in [5, 5.41) is 11.8. The highest BCUT2D eigenvalue weighted by Crippen LogP contribution is 2.21. The largest absolute Gasteiger partial charge is 0.478 e. The molecule has 0 aliphatic rings. The molecule has 0 aromatic carbocycles. The van der Waals surface area contributed by atoms with E-state index in [2.05, 4.69) is 15.3 Å². The van der Waals surface area contributed by atoms with E-state index >= 15 is 0 Å². The number of nitrogens with one attached hydrogen (secondary N) is 2. The summed E-state index contributed by atoms with van der Waals surface area (Å²) in [5.41, 5.74) is -0.364. The quantitative estimate of drug-likeness (QED) is 0.515. The van der Waals surface area contributed by atoms with Gasteiger partial charge in [-0.15, -0.1) is 11.8 Å². The lowest BCUT2D eigenvalue weighted by molar-refractivity contribution is -0.120. The summed E-state index contributed by atoms with van der Waals surface area (Å²) in [6.07, 6.45) is 0.241. The fourth-order valence-corrected chi connectivity index (χ4v) is 2.45. The summed E-state index contributed by atoms with van der Waals surface area (Å²) in [7, 11) is 0. The normalized spacial score (nSPS) is 10.2. The minimum absolute atomic E-state index is 0.0273. The highest BCUT2D eigenvalue weighted by Gasteiger charge is 2.17. The van der Waals surface area contributed by atoms with Crippen LogP contribution in [0.5, 0.6) is 0 Å². The maximum atomic E-state index is 11.3. The molecule has 1 aromatic rings. The minimum atomic E-state index is -1.15. The molecule has 0 spiro atoms. The highest BCUT2D eigenvalue weighted by molar-refractivity contribution is 7.99. The first kappa shape index (κ1) is 15.2. The summed E-state index contributed by atoms with van der Waals surface area (Å²) in [6, 6.07) is 0. The van der Waals surface area contributed by atoms with Gasteiger partial charge in [-0.25, -0.2) is 9.59 Å². The van der Waals surface area contributed by atoms with Crippen LogP contribution in [0.1, 0.15) is 29.4 Å². The summed E-state index contributed by atoms with van der Waals surface area (Å²) >= 11 is 1.09. The molecule has 7 nitrogen and oxygen atoms in total. The number of H-pyrrole nitrogens is 1. The standard InChI is InChI=1S/C11H15N3O4S/c1-3-12-7(15)4-5-19-9-8(10(16)17)6(2)13-11(18)14-9/h3-5H2,1-2H3,(H,12,15)(H,16,17)(H,13,14,18).